The highest BCUT2D eigenvalue weighted by atomic mass is 32.2. The fourth-order valence-corrected chi connectivity index (χ4v) is 1.92. The van der Waals surface area contributed by atoms with E-state index < -0.39 is 10.7 Å². The second kappa shape index (κ2) is 6.23. The molecule has 0 spiro atoms. The SMILES string of the molecule is CC(CO)C(CO)(CO)SCC(=O)O. The van der Waals surface area contributed by atoms with Crippen LogP contribution in [0.1, 0.15) is 6.92 Å². The predicted octanol–water partition coefficient (Wildman–Crippen LogP) is -0.844. The van der Waals surface area contributed by atoms with Crippen molar-refractivity contribution in [1.82, 2.24) is 0 Å². The molecule has 5 nitrogen and oxygen atoms in total. The minimum atomic E-state index is -1.01. The number of carbonyl (C=O) groups is 1. The maximum absolute atomic E-state index is 10.3. The number of aliphatic carboxylic acids is 1. The molecule has 84 valence electrons. The van der Waals surface area contributed by atoms with Crippen LogP contribution >= 0.6 is 11.8 Å². The third-order valence-electron chi connectivity index (χ3n) is 2.19. The predicted molar refractivity (Wildman–Crippen MR) is 53.2 cm³/mol. The van der Waals surface area contributed by atoms with Gasteiger partial charge >= 0.3 is 5.97 Å². The van der Waals surface area contributed by atoms with Gasteiger partial charge in [0, 0.05) is 6.61 Å². The molecule has 0 saturated carbocycles. The van der Waals surface area contributed by atoms with Gasteiger partial charge in [0.25, 0.3) is 0 Å². The molecule has 0 fully saturated rings. The lowest BCUT2D eigenvalue weighted by molar-refractivity contribution is -0.133. The summed E-state index contributed by atoms with van der Waals surface area (Å²) >= 11 is 0.950. The van der Waals surface area contributed by atoms with Crippen LogP contribution in [0.25, 0.3) is 0 Å². The summed E-state index contributed by atoms with van der Waals surface area (Å²) in [5.41, 5.74) is 0. The summed E-state index contributed by atoms with van der Waals surface area (Å²) < 4.78 is -0.979. The van der Waals surface area contributed by atoms with E-state index in [2.05, 4.69) is 0 Å². The molecule has 0 bridgehead atoms. The molecule has 4 N–H and O–H groups in total. The van der Waals surface area contributed by atoms with Gasteiger partial charge < -0.3 is 20.4 Å². The second-order valence-electron chi connectivity index (χ2n) is 3.15. The minimum absolute atomic E-state index is 0.201. The van der Waals surface area contributed by atoms with Crippen LogP contribution in [0.2, 0.25) is 0 Å². The molecule has 0 heterocycles. The third-order valence-corrected chi connectivity index (χ3v) is 3.82. The minimum Gasteiger partial charge on any atom is -0.481 e. The Labute approximate surface area is 86.8 Å². The molecule has 1 unspecified atom stereocenters. The average Bonchev–Trinajstić information content (AvgIpc) is 2.19. The van der Waals surface area contributed by atoms with Crippen molar-refractivity contribution in [2.75, 3.05) is 25.6 Å². The highest BCUT2D eigenvalue weighted by molar-refractivity contribution is 8.01. The molecular weight excluding hydrogens is 208 g/mol. The standard InChI is InChI=1S/C8H16O5S/c1-6(2-9)8(4-10,5-11)14-3-7(12)13/h6,9-11H,2-5H2,1H3,(H,12,13). The first-order chi connectivity index (χ1) is 6.52. The van der Waals surface area contributed by atoms with E-state index in [0.29, 0.717) is 0 Å². The summed E-state index contributed by atoms with van der Waals surface area (Å²) in [5.74, 6) is -1.57. The largest absolute Gasteiger partial charge is 0.481 e. The topological polar surface area (TPSA) is 98.0 Å². The molecule has 14 heavy (non-hydrogen) atoms. The van der Waals surface area contributed by atoms with Gasteiger partial charge in [-0.3, -0.25) is 4.79 Å². The summed E-state index contributed by atoms with van der Waals surface area (Å²) in [6.45, 7) is 0.737. The van der Waals surface area contributed by atoms with Crippen molar-refractivity contribution in [3.63, 3.8) is 0 Å². The highest BCUT2D eigenvalue weighted by Crippen LogP contribution is 2.32. The number of hydrogen-bond donors (Lipinski definition) is 4. The Kier molecular flexibility index (Phi) is 6.10. The van der Waals surface area contributed by atoms with E-state index >= 15 is 0 Å². The molecule has 0 aromatic heterocycles. The first kappa shape index (κ1) is 13.7. The van der Waals surface area contributed by atoms with Gasteiger partial charge in [0.1, 0.15) is 0 Å². The molecule has 0 aliphatic carbocycles. The van der Waals surface area contributed by atoms with Gasteiger partial charge in [0.15, 0.2) is 0 Å². The smallest absolute Gasteiger partial charge is 0.313 e. The Balaban J connectivity index is 4.44. The molecule has 0 aromatic carbocycles. The molecule has 0 saturated heterocycles. The Morgan fingerprint density at radius 1 is 1.36 bits per heavy atom. The summed E-state index contributed by atoms with van der Waals surface area (Å²) in [6, 6.07) is 0. The first-order valence-electron chi connectivity index (χ1n) is 4.20. The van der Waals surface area contributed by atoms with Crippen LogP contribution in [-0.4, -0.2) is 56.7 Å². The van der Waals surface area contributed by atoms with Crippen LogP contribution in [0.5, 0.6) is 0 Å². The van der Waals surface area contributed by atoms with Crippen molar-refractivity contribution in [2.24, 2.45) is 5.92 Å². The molecule has 0 radical (unpaired) electrons. The Morgan fingerprint density at radius 3 is 2.14 bits per heavy atom. The normalized spacial score (nSPS) is 14.0. The van der Waals surface area contributed by atoms with Gasteiger partial charge in [0.2, 0.25) is 0 Å². The van der Waals surface area contributed by atoms with Gasteiger partial charge in [-0.05, 0) is 5.92 Å². The fourth-order valence-electron chi connectivity index (χ4n) is 0.967. The Morgan fingerprint density at radius 2 is 1.86 bits per heavy atom. The molecule has 1 atom stereocenters. The molecule has 0 aromatic rings. The quantitative estimate of drug-likeness (QED) is 0.450. The van der Waals surface area contributed by atoms with E-state index in [1.807, 2.05) is 0 Å². The number of aliphatic hydroxyl groups is 3. The summed E-state index contributed by atoms with van der Waals surface area (Å²) in [5, 5.41) is 35.6. The molecule has 0 rings (SSSR count). The van der Waals surface area contributed by atoms with Crippen molar-refractivity contribution < 1.29 is 25.2 Å². The Hall–Kier alpha value is -0.300. The van der Waals surface area contributed by atoms with E-state index in [1.54, 1.807) is 6.92 Å². The van der Waals surface area contributed by atoms with E-state index in [-0.39, 0.29) is 31.5 Å². The molecule has 0 aliphatic rings. The molecule has 0 amide bonds. The van der Waals surface area contributed by atoms with E-state index in [1.165, 1.54) is 0 Å². The van der Waals surface area contributed by atoms with Crippen molar-refractivity contribution >= 4 is 17.7 Å². The van der Waals surface area contributed by atoms with Gasteiger partial charge in [-0.1, -0.05) is 6.92 Å². The number of carboxylic acid groups (broad SMARTS) is 1. The Bertz CT molecular complexity index is 181. The second-order valence-corrected chi connectivity index (χ2v) is 4.54. The van der Waals surface area contributed by atoms with Crippen LogP contribution in [0.15, 0.2) is 0 Å². The van der Waals surface area contributed by atoms with Crippen molar-refractivity contribution in [2.45, 2.75) is 11.7 Å². The molecule has 0 aliphatic heterocycles. The fraction of sp³-hybridized carbons (Fsp3) is 0.875. The van der Waals surface area contributed by atoms with Gasteiger partial charge in [0.05, 0.1) is 23.7 Å². The maximum Gasteiger partial charge on any atom is 0.313 e. The number of hydrogen-bond acceptors (Lipinski definition) is 5. The number of aliphatic hydroxyl groups excluding tert-OH is 3. The van der Waals surface area contributed by atoms with Crippen LogP contribution < -0.4 is 0 Å². The monoisotopic (exact) mass is 224 g/mol. The number of thioether (sulfide) groups is 1. The lowest BCUT2D eigenvalue weighted by atomic mass is 9.95. The highest BCUT2D eigenvalue weighted by Gasteiger charge is 2.36. The van der Waals surface area contributed by atoms with Crippen LogP contribution in [0, 0.1) is 5.92 Å². The van der Waals surface area contributed by atoms with Crippen molar-refractivity contribution in [3.05, 3.63) is 0 Å². The van der Waals surface area contributed by atoms with E-state index in [4.69, 9.17) is 20.4 Å². The average molecular weight is 224 g/mol. The zero-order chi connectivity index (χ0) is 11.2. The van der Waals surface area contributed by atoms with Crippen LogP contribution in [0.4, 0.5) is 0 Å². The zero-order valence-electron chi connectivity index (χ0n) is 8.01. The van der Waals surface area contributed by atoms with E-state index in [9.17, 15) is 4.79 Å². The lowest BCUT2D eigenvalue weighted by Gasteiger charge is -2.33. The maximum atomic E-state index is 10.3. The summed E-state index contributed by atoms with van der Waals surface area (Å²) in [7, 11) is 0. The van der Waals surface area contributed by atoms with Gasteiger partial charge in [-0.2, -0.15) is 0 Å². The van der Waals surface area contributed by atoms with Gasteiger partial charge in [-0.25, -0.2) is 0 Å². The number of carboxylic acids is 1. The lowest BCUT2D eigenvalue weighted by Crippen LogP contribution is -2.43. The third kappa shape index (κ3) is 3.45. The summed E-state index contributed by atoms with van der Waals surface area (Å²) in [4.78, 5) is 10.3. The molecular formula is C8H16O5S. The van der Waals surface area contributed by atoms with E-state index in [0.717, 1.165) is 11.8 Å². The van der Waals surface area contributed by atoms with Crippen LogP contribution in [-0.2, 0) is 4.79 Å². The zero-order valence-corrected chi connectivity index (χ0v) is 8.83. The number of rotatable bonds is 7. The van der Waals surface area contributed by atoms with Gasteiger partial charge in [-0.15, -0.1) is 11.8 Å². The summed E-state index contributed by atoms with van der Waals surface area (Å²) in [6.07, 6.45) is 0. The first-order valence-corrected chi connectivity index (χ1v) is 5.19. The molecule has 6 heteroatoms. The van der Waals surface area contributed by atoms with Crippen molar-refractivity contribution in [1.29, 1.82) is 0 Å². The van der Waals surface area contributed by atoms with Crippen molar-refractivity contribution in [3.8, 4) is 0 Å². The van der Waals surface area contributed by atoms with Crippen LogP contribution in [0.3, 0.4) is 0 Å².